The maximum Gasteiger partial charge on any atom is 0.267 e. The van der Waals surface area contributed by atoms with Gasteiger partial charge in [-0.15, -0.1) is 11.3 Å². The Balaban J connectivity index is 1.54. The molecule has 34 heavy (non-hydrogen) atoms. The van der Waals surface area contributed by atoms with E-state index in [0.717, 1.165) is 21.3 Å². The molecule has 0 aliphatic rings. The number of hydrazone groups is 1. The lowest BCUT2D eigenvalue weighted by Crippen LogP contribution is -2.26. The van der Waals surface area contributed by atoms with Crippen LogP contribution in [0.25, 0.3) is 27.3 Å². The highest BCUT2D eigenvalue weighted by Gasteiger charge is 2.16. The fourth-order valence-corrected chi connectivity index (χ4v) is 4.75. The number of nitrogens with zero attached hydrogens (tertiary/aromatic N) is 4. The molecule has 0 saturated carbocycles. The Labute approximate surface area is 212 Å². The van der Waals surface area contributed by atoms with Crippen LogP contribution in [0, 0.1) is 0 Å². The highest BCUT2D eigenvalue weighted by Crippen LogP contribution is 2.26. The summed E-state index contributed by atoms with van der Waals surface area (Å²) < 4.78 is 2.36. The molecule has 0 fully saturated rings. The summed E-state index contributed by atoms with van der Waals surface area (Å²) in [6, 6.07) is 22.7. The maximum absolute atomic E-state index is 13.5. The maximum atomic E-state index is 13.5. The Morgan fingerprint density at radius 2 is 1.85 bits per heavy atom. The van der Waals surface area contributed by atoms with E-state index in [1.54, 1.807) is 16.8 Å². The summed E-state index contributed by atoms with van der Waals surface area (Å²) in [6.07, 6.45) is 1.72. The number of nitrogens with one attached hydrogen (secondary N) is 1. The van der Waals surface area contributed by atoms with Crippen molar-refractivity contribution in [3.63, 3.8) is 0 Å². The van der Waals surface area contributed by atoms with Gasteiger partial charge in [0, 0.05) is 20.4 Å². The highest BCUT2D eigenvalue weighted by molar-refractivity contribution is 9.10. The standard InChI is InChI=1S/C25H17BrClN5OS/c26-18-8-11-21-20(12-18)24(33)32(23(30-21)14-29-28-13-16-4-2-1-3-5-16)25-31-22(15-34-25)17-6-9-19(27)10-7-17/h1-13,15,29H,14H2/b28-13+. The van der Waals surface area contributed by atoms with E-state index in [-0.39, 0.29) is 12.1 Å². The summed E-state index contributed by atoms with van der Waals surface area (Å²) in [4.78, 5) is 23.0. The number of hydrogen-bond donors (Lipinski definition) is 1. The highest BCUT2D eigenvalue weighted by atomic mass is 79.9. The van der Waals surface area contributed by atoms with Gasteiger partial charge in [-0.05, 0) is 35.9 Å². The zero-order chi connectivity index (χ0) is 23.5. The molecule has 0 spiro atoms. The van der Waals surface area contributed by atoms with Crippen molar-refractivity contribution in [1.29, 1.82) is 0 Å². The van der Waals surface area contributed by atoms with E-state index in [1.165, 1.54) is 11.3 Å². The predicted molar refractivity (Wildman–Crippen MR) is 142 cm³/mol. The van der Waals surface area contributed by atoms with Crippen LogP contribution in [0.15, 0.2) is 92.5 Å². The first-order chi connectivity index (χ1) is 16.6. The van der Waals surface area contributed by atoms with Gasteiger partial charge in [0.1, 0.15) is 5.82 Å². The minimum absolute atomic E-state index is 0.188. The van der Waals surface area contributed by atoms with Crippen LogP contribution < -0.4 is 11.0 Å². The van der Waals surface area contributed by atoms with E-state index < -0.39 is 0 Å². The molecule has 0 aliphatic heterocycles. The van der Waals surface area contributed by atoms with E-state index in [1.807, 2.05) is 72.1 Å². The van der Waals surface area contributed by atoms with Crippen LogP contribution in [0.5, 0.6) is 0 Å². The first-order valence-corrected chi connectivity index (χ1v) is 12.4. The smallest absolute Gasteiger partial charge is 0.267 e. The molecule has 1 N–H and O–H groups in total. The lowest BCUT2D eigenvalue weighted by molar-refractivity contribution is 0.678. The molecular weight excluding hydrogens is 534 g/mol. The number of fused-ring (bicyclic) bond motifs is 1. The van der Waals surface area contributed by atoms with Crippen molar-refractivity contribution in [3.8, 4) is 16.4 Å². The summed E-state index contributed by atoms with van der Waals surface area (Å²) >= 11 is 10.8. The van der Waals surface area contributed by atoms with E-state index >= 15 is 0 Å². The van der Waals surface area contributed by atoms with Gasteiger partial charge in [-0.1, -0.05) is 70.0 Å². The van der Waals surface area contributed by atoms with Crippen molar-refractivity contribution in [2.45, 2.75) is 6.54 Å². The molecule has 0 aliphatic carbocycles. The normalized spacial score (nSPS) is 11.4. The molecule has 0 amide bonds. The third-order valence-corrected chi connectivity index (χ3v) is 6.64. The zero-order valence-electron chi connectivity index (χ0n) is 17.7. The van der Waals surface area contributed by atoms with Crippen LogP contribution in [0.3, 0.4) is 0 Å². The molecule has 5 aromatic rings. The Kier molecular flexibility index (Phi) is 6.53. The second-order valence-electron chi connectivity index (χ2n) is 7.36. The SMILES string of the molecule is O=c1c2cc(Br)ccc2nc(CN/N=C/c2ccccc2)n1-c1nc(-c2ccc(Cl)cc2)cs1. The Bertz CT molecular complexity index is 1550. The summed E-state index contributed by atoms with van der Waals surface area (Å²) in [6.45, 7) is 0.250. The van der Waals surface area contributed by atoms with Gasteiger partial charge >= 0.3 is 0 Å². The summed E-state index contributed by atoms with van der Waals surface area (Å²) in [5, 5.41) is 7.91. The van der Waals surface area contributed by atoms with Gasteiger partial charge in [0.05, 0.1) is 29.4 Å². The number of benzene rings is 3. The summed E-state index contributed by atoms with van der Waals surface area (Å²) in [5.41, 5.74) is 6.09. The fourth-order valence-electron chi connectivity index (χ4n) is 3.42. The molecule has 2 aromatic heterocycles. The second-order valence-corrected chi connectivity index (χ2v) is 9.54. The van der Waals surface area contributed by atoms with Gasteiger partial charge in [-0.2, -0.15) is 5.10 Å². The molecule has 9 heteroatoms. The first-order valence-electron chi connectivity index (χ1n) is 10.3. The minimum Gasteiger partial charge on any atom is -0.302 e. The average Bonchev–Trinajstić information content (AvgIpc) is 3.33. The largest absolute Gasteiger partial charge is 0.302 e. The summed E-state index contributed by atoms with van der Waals surface area (Å²) in [7, 11) is 0. The quantitative estimate of drug-likeness (QED) is 0.206. The van der Waals surface area contributed by atoms with E-state index in [2.05, 4.69) is 26.5 Å². The van der Waals surface area contributed by atoms with Crippen LogP contribution in [-0.4, -0.2) is 20.7 Å². The van der Waals surface area contributed by atoms with Crippen molar-refractivity contribution < 1.29 is 0 Å². The number of aromatic nitrogens is 3. The van der Waals surface area contributed by atoms with Crippen LogP contribution in [0.4, 0.5) is 0 Å². The van der Waals surface area contributed by atoms with E-state index in [4.69, 9.17) is 21.6 Å². The third-order valence-electron chi connectivity index (χ3n) is 5.06. The van der Waals surface area contributed by atoms with Crippen LogP contribution >= 0.6 is 38.9 Å². The molecule has 6 nitrogen and oxygen atoms in total. The third kappa shape index (κ3) is 4.79. The summed E-state index contributed by atoms with van der Waals surface area (Å²) in [5.74, 6) is 0.516. The van der Waals surface area contributed by atoms with Gasteiger partial charge in [0.15, 0.2) is 5.13 Å². The van der Waals surface area contributed by atoms with Crippen LogP contribution in [0.1, 0.15) is 11.4 Å². The lowest BCUT2D eigenvalue weighted by atomic mass is 10.2. The topological polar surface area (TPSA) is 72.2 Å². The van der Waals surface area contributed by atoms with Crippen LogP contribution in [0.2, 0.25) is 5.02 Å². The zero-order valence-corrected chi connectivity index (χ0v) is 20.8. The molecule has 168 valence electrons. The molecule has 5 rings (SSSR count). The van der Waals surface area contributed by atoms with Crippen molar-refractivity contribution >= 4 is 56.0 Å². The van der Waals surface area contributed by atoms with Gasteiger partial charge in [-0.25, -0.2) is 14.5 Å². The Morgan fingerprint density at radius 3 is 2.65 bits per heavy atom. The second kappa shape index (κ2) is 9.89. The Morgan fingerprint density at radius 1 is 1.06 bits per heavy atom. The molecule has 0 bridgehead atoms. The van der Waals surface area contributed by atoms with Gasteiger partial charge in [-0.3, -0.25) is 4.79 Å². The van der Waals surface area contributed by atoms with Crippen molar-refractivity contribution in [2.24, 2.45) is 5.10 Å². The monoisotopic (exact) mass is 549 g/mol. The average molecular weight is 551 g/mol. The predicted octanol–water partition coefficient (Wildman–Crippen LogP) is 6.05. The molecule has 0 atom stereocenters. The molecule has 3 aromatic carbocycles. The number of halogens is 2. The number of thiazole rings is 1. The Hall–Kier alpha value is -3.33. The fraction of sp³-hybridized carbons (Fsp3) is 0.0400. The molecule has 0 saturated heterocycles. The first kappa shape index (κ1) is 22.5. The molecule has 0 unspecified atom stereocenters. The van der Waals surface area contributed by atoms with Gasteiger partial charge < -0.3 is 5.43 Å². The van der Waals surface area contributed by atoms with Crippen molar-refractivity contribution in [1.82, 2.24) is 20.0 Å². The molecule has 0 radical (unpaired) electrons. The minimum atomic E-state index is -0.188. The number of hydrogen-bond acceptors (Lipinski definition) is 6. The van der Waals surface area contributed by atoms with Gasteiger partial charge in [0.25, 0.3) is 5.56 Å². The van der Waals surface area contributed by atoms with E-state index in [0.29, 0.717) is 26.9 Å². The van der Waals surface area contributed by atoms with Crippen molar-refractivity contribution in [2.75, 3.05) is 0 Å². The number of rotatable bonds is 6. The van der Waals surface area contributed by atoms with E-state index in [9.17, 15) is 4.79 Å². The van der Waals surface area contributed by atoms with Crippen molar-refractivity contribution in [3.05, 3.63) is 109 Å². The van der Waals surface area contributed by atoms with Gasteiger partial charge in [0.2, 0.25) is 0 Å². The molecular formula is C25H17BrClN5OS. The lowest BCUT2D eigenvalue weighted by Gasteiger charge is -2.11. The molecule has 2 heterocycles. The van der Waals surface area contributed by atoms with Crippen LogP contribution in [-0.2, 0) is 6.54 Å².